The highest BCUT2D eigenvalue weighted by atomic mass is 32.2. The largest absolute Gasteiger partial charge is 0.337 e. The molecule has 1 N–H and O–H groups in total. The van der Waals surface area contributed by atoms with Crippen molar-refractivity contribution in [3.63, 3.8) is 0 Å². The Labute approximate surface area is 164 Å². The summed E-state index contributed by atoms with van der Waals surface area (Å²) in [7, 11) is 0. The number of H-pyrrole nitrogens is 1. The zero-order chi connectivity index (χ0) is 18.5. The number of aromatic nitrogens is 2. The fourth-order valence-electron chi connectivity index (χ4n) is 3.07. The molecule has 0 aliphatic heterocycles. The molecule has 0 unspecified atom stereocenters. The van der Waals surface area contributed by atoms with Gasteiger partial charge in [-0.05, 0) is 29.2 Å². The summed E-state index contributed by atoms with van der Waals surface area (Å²) in [6.45, 7) is 2.10. The average molecular weight is 371 g/mol. The Hall–Kier alpha value is -2.78. The SMILES string of the molecule is Cc1[nH]c(SCc2ccc(-c3ccccc3)cc2)nc1Cc1ccccc1. The van der Waals surface area contributed by atoms with Crippen molar-refractivity contribution in [2.24, 2.45) is 0 Å². The summed E-state index contributed by atoms with van der Waals surface area (Å²) in [5.41, 5.74) is 7.38. The summed E-state index contributed by atoms with van der Waals surface area (Å²) in [4.78, 5) is 8.22. The fourth-order valence-corrected chi connectivity index (χ4v) is 3.97. The smallest absolute Gasteiger partial charge is 0.166 e. The van der Waals surface area contributed by atoms with Crippen LogP contribution in [0.1, 0.15) is 22.5 Å². The van der Waals surface area contributed by atoms with Gasteiger partial charge < -0.3 is 4.98 Å². The second-order valence-corrected chi connectivity index (χ2v) is 7.59. The van der Waals surface area contributed by atoms with E-state index in [0.29, 0.717) is 0 Å². The van der Waals surface area contributed by atoms with Crippen molar-refractivity contribution >= 4 is 11.8 Å². The summed E-state index contributed by atoms with van der Waals surface area (Å²) >= 11 is 1.75. The summed E-state index contributed by atoms with van der Waals surface area (Å²) in [5, 5.41) is 0.991. The molecule has 1 heterocycles. The number of hydrogen-bond acceptors (Lipinski definition) is 2. The highest BCUT2D eigenvalue weighted by molar-refractivity contribution is 7.98. The maximum Gasteiger partial charge on any atom is 0.166 e. The van der Waals surface area contributed by atoms with Crippen LogP contribution in [0.3, 0.4) is 0 Å². The molecule has 2 nitrogen and oxygen atoms in total. The highest BCUT2D eigenvalue weighted by Crippen LogP contribution is 2.25. The average Bonchev–Trinajstić information content (AvgIpc) is 3.07. The van der Waals surface area contributed by atoms with E-state index in [0.717, 1.165) is 28.7 Å². The van der Waals surface area contributed by atoms with E-state index in [2.05, 4.69) is 84.7 Å². The zero-order valence-electron chi connectivity index (χ0n) is 15.4. The maximum atomic E-state index is 4.79. The van der Waals surface area contributed by atoms with Gasteiger partial charge in [-0.3, -0.25) is 0 Å². The van der Waals surface area contributed by atoms with Crippen LogP contribution in [0.15, 0.2) is 90.1 Å². The van der Waals surface area contributed by atoms with Gasteiger partial charge in [0.05, 0.1) is 5.69 Å². The number of imidazole rings is 1. The molecule has 0 atom stereocenters. The molecule has 0 bridgehead atoms. The van der Waals surface area contributed by atoms with Crippen molar-refractivity contribution in [3.8, 4) is 11.1 Å². The lowest BCUT2D eigenvalue weighted by atomic mass is 10.0. The summed E-state index contributed by atoms with van der Waals surface area (Å²) in [6.07, 6.45) is 0.871. The van der Waals surface area contributed by atoms with Crippen molar-refractivity contribution in [1.29, 1.82) is 0 Å². The van der Waals surface area contributed by atoms with Crippen LogP contribution >= 0.6 is 11.8 Å². The predicted octanol–water partition coefficient (Wildman–Crippen LogP) is 6.27. The van der Waals surface area contributed by atoms with Gasteiger partial charge in [-0.15, -0.1) is 0 Å². The molecule has 0 amide bonds. The first kappa shape index (κ1) is 17.6. The summed E-state index contributed by atoms with van der Waals surface area (Å²) in [5.74, 6) is 0.910. The van der Waals surface area contributed by atoms with Gasteiger partial charge in [-0.25, -0.2) is 4.98 Å². The van der Waals surface area contributed by atoms with E-state index < -0.39 is 0 Å². The van der Waals surface area contributed by atoms with E-state index in [9.17, 15) is 0 Å². The van der Waals surface area contributed by atoms with E-state index in [1.165, 1.54) is 22.3 Å². The third-order valence-corrected chi connectivity index (χ3v) is 5.56. The molecule has 0 saturated heterocycles. The second kappa shape index (κ2) is 8.28. The normalized spacial score (nSPS) is 10.9. The minimum Gasteiger partial charge on any atom is -0.337 e. The van der Waals surface area contributed by atoms with Gasteiger partial charge in [-0.2, -0.15) is 0 Å². The molecule has 134 valence electrons. The zero-order valence-corrected chi connectivity index (χ0v) is 16.2. The number of hydrogen-bond donors (Lipinski definition) is 1. The van der Waals surface area contributed by atoms with Crippen LogP contribution in [0.2, 0.25) is 0 Å². The molecule has 1 aromatic heterocycles. The number of nitrogens with one attached hydrogen (secondary N) is 1. The number of rotatable bonds is 6. The Morgan fingerprint density at radius 3 is 2.07 bits per heavy atom. The predicted molar refractivity (Wildman–Crippen MR) is 114 cm³/mol. The molecule has 0 aliphatic carbocycles. The Morgan fingerprint density at radius 1 is 0.741 bits per heavy atom. The molecule has 0 fully saturated rings. The summed E-state index contributed by atoms with van der Waals surface area (Å²) in [6, 6.07) is 29.8. The van der Waals surface area contributed by atoms with Crippen molar-refractivity contribution in [3.05, 3.63) is 107 Å². The quantitative estimate of drug-likeness (QED) is 0.405. The van der Waals surface area contributed by atoms with Crippen LogP contribution in [0.4, 0.5) is 0 Å². The first-order valence-corrected chi connectivity index (χ1v) is 10.1. The van der Waals surface area contributed by atoms with Crippen molar-refractivity contribution in [2.45, 2.75) is 24.3 Å². The lowest BCUT2D eigenvalue weighted by Crippen LogP contribution is -1.90. The van der Waals surface area contributed by atoms with Crippen molar-refractivity contribution < 1.29 is 0 Å². The van der Waals surface area contributed by atoms with Crippen LogP contribution in [-0.2, 0) is 12.2 Å². The Bertz CT molecular complexity index is 990. The van der Waals surface area contributed by atoms with Gasteiger partial charge >= 0.3 is 0 Å². The molecule has 4 aromatic rings. The molecular formula is C24H22N2S. The van der Waals surface area contributed by atoms with Crippen LogP contribution < -0.4 is 0 Å². The minimum absolute atomic E-state index is 0.871. The highest BCUT2D eigenvalue weighted by Gasteiger charge is 2.08. The van der Waals surface area contributed by atoms with Gasteiger partial charge in [0.15, 0.2) is 5.16 Å². The Kier molecular flexibility index (Phi) is 5.40. The van der Waals surface area contributed by atoms with Gasteiger partial charge in [0.2, 0.25) is 0 Å². The van der Waals surface area contributed by atoms with Crippen LogP contribution in [0.25, 0.3) is 11.1 Å². The molecule has 3 aromatic carbocycles. The third kappa shape index (κ3) is 4.50. The van der Waals surface area contributed by atoms with Gasteiger partial charge in [0.25, 0.3) is 0 Å². The number of thioether (sulfide) groups is 1. The van der Waals surface area contributed by atoms with Gasteiger partial charge in [0, 0.05) is 17.9 Å². The van der Waals surface area contributed by atoms with E-state index >= 15 is 0 Å². The van der Waals surface area contributed by atoms with E-state index in [-0.39, 0.29) is 0 Å². The van der Waals surface area contributed by atoms with Crippen LogP contribution in [-0.4, -0.2) is 9.97 Å². The fraction of sp³-hybridized carbons (Fsp3) is 0.125. The van der Waals surface area contributed by atoms with Gasteiger partial charge in [-0.1, -0.05) is 96.7 Å². The first-order valence-electron chi connectivity index (χ1n) is 9.14. The molecule has 0 radical (unpaired) electrons. The number of benzene rings is 3. The maximum absolute atomic E-state index is 4.79. The lowest BCUT2D eigenvalue weighted by molar-refractivity contribution is 1.01. The standard InChI is InChI=1S/C24H22N2S/c1-18-23(16-19-8-4-2-5-9-19)26-24(25-18)27-17-20-12-14-22(15-13-20)21-10-6-3-7-11-21/h2-15H,16-17H2,1H3,(H,25,26). The van der Waals surface area contributed by atoms with E-state index in [1.54, 1.807) is 11.8 Å². The number of aryl methyl sites for hydroxylation is 1. The monoisotopic (exact) mass is 370 g/mol. The lowest BCUT2D eigenvalue weighted by Gasteiger charge is -2.04. The van der Waals surface area contributed by atoms with Crippen LogP contribution in [0.5, 0.6) is 0 Å². The molecule has 0 aliphatic rings. The van der Waals surface area contributed by atoms with E-state index in [1.807, 2.05) is 12.1 Å². The Morgan fingerprint density at radius 2 is 1.37 bits per heavy atom. The molecule has 27 heavy (non-hydrogen) atoms. The number of aromatic amines is 1. The van der Waals surface area contributed by atoms with Crippen molar-refractivity contribution in [2.75, 3.05) is 0 Å². The molecule has 3 heteroatoms. The minimum atomic E-state index is 0.871. The third-order valence-electron chi connectivity index (χ3n) is 4.61. The molecule has 4 rings (SSSR count). The second-order valence-electron chi connectivity index (χ2n) is 6.63. The summed E-state index contributed by atoms with van der Waals surface area (Å²) < 4.78 is 0. The van der Waals surface area contributed by atoms with Crippen molar-refractivity contribution in [1.82, 2.24) is 9.97 Å². The molecular weight excluding hydrogens is 348 g/mol. The topological polar surface area (TPSA) is 28.7 Å². The molecule has 0 saturated carbocycles. The van der Waals surface area contributed by atoms with E-state index in [4.69, 9.17) is 4.98 Å². The Balaban J connectivity index is 1.39. The van der Waals surface area contributed by atoms with Crippen LogP contribution in [0, 0.1) is 6.92 Å². The first-order chi connectivity index (χ1) is 13.3. The number of nitrogens with zero attached hydrogens (tertiary/aromatic N) is 1. The van der Waals surface area contributed by atoms with Gasteiger partial charge in [0.1, 0.15) is 0 Å². The molecule has 0 spiro atoms.